The summed E-state index contributed by atoms with van der Waals surface area (Å²) in [6, 6.07) is 0. The van der Waals surface area contributed by atoms with E-state index in [1.165, 1.54) is 0 Å². The summed E-state index contributed by atoms with van der Waals surface area (Å²) in [5, 5.41) is 18.1. The van der Waals surface area contributed by atoms with Gasteiger partial charge >= 0.3 is 0 Å². The molecule has 0 heterocycles. The van der Waals surface area contributed by atoms with E-state index in [0.29, 0.717) is 19.4 Å². The maximum atomic E-state index is 9.41. The number of aliphatic hydroxyl groups is 2. The van der Waals surface area contributed by atoms with Gasteiger partial charge in [-0.05, 0) is 40.5 Å². The summed E-state index contributed by atoms with van der Waals surface area (Å²) in [7, 11) is 0. The van der Waals surface area contributed by atoms with Crippen molar-refractivity contribution >= 4 is 0 Å². The van der Waals surface area contributed by atoms with E-state index >= 15 is 0 Å². The van der Waals surface area contributed by atoms with E-state index in [4.69, 9.17) is 9.84 Å². The second-order valence-corrected chi connectivity index (χ2v) is 4.64. The highest BCUT2D eigenvalue weighted by molar-refractivity contribution is 4.70. The zero-order valence-corrected chi connectivity index (χ0v) is 9.13. The van der Waals surface area contributed by atoms with Crippen LogP contribution in [0.5, 0.6) is 0 Å². The van der Waals surface area contributed by atoms with Crippen molar-refractivity contribution in [3.63, 3.8) is 0 Å². The molecular formula is C10H22O3. The third-order valence-electron chi connectivity index (χ3n) is 1.92. The first-order valence-electron chi connectivity index (χ1n) is 4.74. The summed E-state index contributed by atoms with van der Waals surface area (Å²) in [5.74, 6) is 0. The monoisotopic (exact) mass is 190 g/mol. The Hall–Kier alpha value is -0.120. The van der Waals surface area contributed by atoms with Gasteiger partial charge in [0.05, 0.1) is 17.8 Å². The van der Waals surface area contributed by atoms with Crippen molar-refractivity contribution in [3.8, 4) is 0 Å². The molecule has 0 aromatic rings. The third kappa shape index (κ3) is 8.22. The Morgan fingerprint density at radius 2 is 1.62 bits per heavy atom. The van der Waals surface area contributed by atoms with Crippen LogP contribution in [0.2, 0.25) is 0 Å². The van der Waals surface area contributed by atoms with Gasteiger partial charge in [-0.2, -0.15) is 0 Å². The lowest BCUT2D eigenvalue weighted by Crippen LogP contribution is -2.29. The molecule has 0 spiro atoms. The van der Waals surface area contributed by atoms with Crippen molar-refractivity contribution < 1.29 is 14.9 Å². The molecule has 0 aromatic heterocycles. The summed E-state index contributed by atoms with van der Waals surface area (Å²) in [6.07, 6.45) is 1.24. The standard InChI is InChI=1S/C10H22O3/c1-9(2,12)6-8-13-10(3,4)5-7-11/h11-12H,5-8H2,1-4H3. The summed E-state index contributed by atoms with van der Waals surface area (Å²) >= 11 is 0. The van der Waals surface area contributed by atoms with Crippen LogP contribution in [0.4, 0.5) is 0 Å². The van der Waals surface area contributed by atoms with Crippen molar-refractivity contribution in [1.82, 2.24) is 0 Å². The van der Waals surface area contributed by atoms with Crippen LogP contribution in [0.25, 0.3) is 0 Å². The summed E-state index contributed by atoms with van der Waals surface area (Å²) in [4.78, 5) is 0. The zero-order chi connectivity index (χ0) is 10.5. The van der Waals surface area contributed by atoms with E-state index in [1.807, 2.05) is 13.8 Å². The second-order valence-electron chi connectivity index (χ2n) is 4.64. The minimum absolute atomic E-state index is 0.134. The highest BCUT2D eigenvalue weighted by Crippen LogP contribution is 2.16. The largest absolute Gasteiger partial charge is 0.396 e. The van der Waals surface area contributed by atoms with Gasteiger partial charge in [0.1, 0.15) is 0 Å². The van der Waals surface area contributed by atoms with Gasteiger partial charge in [0.25, 0.3) is 0 Å². The number of aliphatic hydroxyl groups excluding tert-OH is 1. The van der Waals surface area contributed by atoms with Gasteiger partial charge in [0.15, 0.2) is 0 Å². The normalized spacial score (nSPS) is 13.4. The number of rotatable bonds is 6. The smallest absolute Gasteiger partial charge is 0.0648 e. The highest BCUT2D eigenvalue weighted by atomic mass is 16.5. The van der Waals surface area contributed by atoms with Crippen LogP contribution < -0.4 is 0 Å². The van der Waals surface area contributed by atoms with E-state index in [2.05, 4.69) is 0 Å². The van der Waals surface area contributed by atoms with Gasteiger partial charge in [-0.25, -0.2) is 0 Å². The van der Waals surface area contributed by atoms with E-state index in [1.54, 1.807) is 13.8 Å². The summed E-state index contributed by atoms with van der Waals surface area (Å²) in [6.45, 7) is 8.05. The van der Waals surface area contributed by atoms with Crippen LogP contribution in [0.3, 0.4) is 0 Å². The van der Waals surface area contributed by atoms with Crippen LogP contribution in [0.1, 0.15) is 40.5 Å². The Balaban J connectivity index is 3.63. The lowest BCUT2D eigenvalue weighted by Gasteiger charge is -2.26. The molecule has 0 unspecified atom stereocenters. The fourth-order valence-electron chi connectivity index (χ4n) is 0.919. The van der Waals surface area contributed by atoms with Crippen LogP contribution in [-0.4, -0.2) is 34.6 Å². The maximum absolute atomic E-state index is 9.41. The number of hydrogen-bond donors (Lipinski definition) is 2. The molecular weight excluding hydrogens is 168 g/mol. The minimum atomic E-state index is -0.671. The second kappa shape index (κ2) is 4.94. The molecule has 0 amide bonds. The quantitative estimate of drug-likeness (QED) is 0.664. The van der Waals surface area contributed by atoms with Crippen LogP contribution in [0, 0.1) is 0 Å². The van der Waals surface area contributed by atoms with Crippen molar-refractivity contribution in [3.05, 3.63) is 0 Å². The lowest BCUT2D eigenvalue weighted by atomic mass is 10.0. The Kier molecular flexibility index (Phi) is 4.89. The predicted octanol–water partition coefficient (Wildman–Crippen LogP) is 1.32. The molecule has 0 radical (unpaired) electrons. The SMILES string of the molecule is CC(C)(O)CCOC(C)(C)CCO. The lowest BCUT2D eigenvalue weighted by molar-refractivity contribution is -0.0559. The molecule has 0 aromatic carbocycles. The zero-order valence-electron chi connectivity index (χ0n) is 9.13. The van der Waals surface area contributed by atoms with E-state index in [9.17, 15) is 5.11 Å². The van der Waals surface area contributed by atoms with Crippen molar-refractivity contribution in [2.75, 3.05) is 13.2 Å². The average molecular weight is 190 g/mol. The van der Waals surface area contributed by atoms with Gasteiger partial charge in [-0.1, -0.05) is 0 Å². The average Bonchev–Trinajstić information content (AvgIpc) is 1.82. The molecule has 0 saturated carbocycles. The first kappa shape index (κ1) is 12.9. The molecule has 0 saturated heterocycles. The molecule has 80 valence electrons. The first-order valence-corrected chi connectivity index (χ1v) is 4.74. The first-order chi connectivity index (χ1) is 5.77. The molecule has 0 bridgehead atoms. The Morgan fingerprint density at radius 3 is 2.00 bits per heavy atom. The molecule has 0 atom stereocenters. The topological polar surface area (TPSA) is 49.7 Å². The Bertz CT molecular complexity index is 136. The molecule has 0 aliphatic rings. The van der Waals surface area contributed by atoms with Crippen molar-refractivity contribution in [2.45, 2.75) is 51.7 Å². The molecule has 2 N–H and O–H groups in total. The predicted molar refractivity (Wildman–Crippen MR) is 52.6 cm³/mol. The molecule has 0 aliphatic carbocycles. The fourth-order valence-corrected chi connectivity index (χ4v) is 0.919. The maximum Gasteiger partial charge on any atom is 0.0648 e. The fraction of sp³-hybridized carbons (Fsp3) is 1.00. The van der Waals surface area contributed by atoms with Crippen molar-refractivity contribution in [2.24, 2.45) is 0 Å². The molecule has 0 fully saturated rings. The Labute approximate surface area is 80.7 Å². The van der Waals surface area contributed by atoms with Gasteiger partial charge in [0.2, 0.25) is 0 Å². The van der Waals surface area contributed by atoms with Gasteiger partial charge in [-0.3, -0.25) is 0 Å². The van der Waals surface area contributed by atoms with E-state index in [0.717, 1.165) is 0 Å². The van der Waals surface area contributed by atoms with Crippen LogP contribution in [0.15, 0.2) is 0 Å². The third-order valence-corrected chi connectivity index (χ3v) is 1.92. The molecule has 0 aliphatic heterocycles. The molecule has 0 rings (SSSR count). The molecule has 13 heavy (non-hydrogen) atoms. The molecule has 3 heteroatoms. The summed E-state index contributed by atoms with van der Waals surface area (Å²) in [5.41, 5.74) is -0.963. The van der Waals surface area contributed by atoms with E-state index in [-0.39, 0.29) is 12.2 Å². The van der Waals surface area contributed by atoms with Gasteiger partial charge < -0.3 is 14.9 Å². The Morgan fingerprint density at radius 1 is 1.08 bits per heavy atom. The van der Waals surface area contributed by atoms with E-state index < -0.39 is 5.60 Å². The summed E-state index contributed by atoms with van der Waals surface area (Å²) < 4.78 is 5.53. The highest BCUT2D eigenvalue weighted by Gasteiger charge is 2.19. The van der Waals surface area contributed by atoms with Crippen LogP contribution >= 0.6 is 0 Å². The van der Waals surface area contributed by atoms with Gasteiger partial charge in [-0.15, -0.1) is 0 Å². The minimum Gasteiger partial charge on any atom is -0.396 e. The number of ether oxygens (including phenoxy) is 1. The van der Waals surface area contributed by atoms with Crippen LogP contribution in [-0.2, 0) is 4.74 Å². The van der Waals surface area contributed by atoms with Crippen molar-refractivity contribution in [1.29, 1.82) is 0 Å². The number of hydrogen-bond acceptors (Lipinski definition) is 3. The molecule has 3 nitrogen and oxygen atoms in total. The van der Waals surface area contributed by atoms with Gasteiger partial charge in [0, 0.05) is 6.61 Å².